The van der Waals surface area contributed by atoms with Crippen molar-refractivity contribution in [3.05, 3.63) is 29.8 Å². The Morgan fingerprint density at radius 2 is 1.89 bits per heavy atom. The lowest BCUT2D eigenvalue weighted by Crippen LogP contribution is -2.12. The highest BCUT2D eigenvalue weighted by molar-refractivity contribution is 5.35. The van der Waals surface area contributed by atoms with E-state index in [1.54, 1.807) is 7.11 Å². The quantitative estimate of drug-likeness (QED) is 0.662. The first kappa shape index (κ1) is 16.0. The third kappa shape index (κ3) is 6.05. The molecule has 0 saturated heterocycles. The third-order valence-corrected chi connectivity index (χ3v) is 2.88. The predicted molar refractivity (Wildman–Crippen MR) is 76.5 cm³/mol. The standard InChI is InChI=1S/C15H25NO3/c1-3-14(16)13-7-4-5-8-15(13)19-10-6-9-18-12-11-17-2/h4-5,7-8,14H,3,6,9-12,16H2,1-2H3. The van der Waals surface area contributed by atoms with Gasteiger partial charge in [0.2, 0.25) is 0 Å². The van der Waals surface area contributed by atoms with E-state index in [0.717, 1.165) is 24.2 Å². The van der Waals surface area contributed by atoms with Crippen molar-refractivity contribution in [2.75, 3.05) is 33.5 Å². The number of nitrogens with two attached hydrogens (primary N) is 1. The fraction of sp³-hybridized carbons (Fsp3) is 0.600. The van der Waals surface area contributed by atoms with E-state index in [9.17, 15) is 0 Å². The minimum atomic E-state index is 0.0363. The summed E-state index contributed by atoms with van der Waals surface area (Å²) in [6.45, 7) is 4.67. The van der Waals surface area contributed by atoms with Crippen LogP contribution in [0.25, 0.3) is 0 Å². The second-order valence-electron chi connectivity index (χ2n) is 4.36. The molecule has 1 unspecified atom stereocenters. The lowest BCUT2D eigenvalue weighted by atomic mass is 10.0. The minimum absolute atomic E-state index is 0.0363. The van der Waals surface area contributed by atoms with E-state index in [4.69, 9.17) is 19.9 Å². The Hall–Kier alpha value is -1.10. The molecule has 1 aromatic rings. The van der Waals surface area contributed by atoms with Crippen LogP contribution in [0.3, 0.4) is 0 Å². The maximum absolute atomic E-state index is 6.06. The summed E-state index contributed by atoms with van der Waals surface area (Å²) in [6, 6.07) is 7.99. The molecule has 0 aliphatic rings. The number of hydrogen-bond acceptors (Lipinski definition) is 4. The molecule has 0 aliphatic carbocycles. The second kappa shape index (κ2) is 9.78. The molecule has 0 heterocycles. The fourth-order valence-electron chi connectivity index (χ4n) is 1.73. The summed E-state index contributed by atoms with van der Waals surface area (Å²) in [5.74, 6) is 0.883. The Kier molecular flexibility index (Phi) is 8.21. The van der Waals surface area contributed by atoms with Gasteiger partial charge < -0.3 is 19.9 Å². The van der Waals surface area contributed by atoms with Crippen molar-refractivity contribution in [1.82, 2.24) is 0 Å². The monoisotopic (exact) mass is 267 g/mol. The first-order valence-electron chi connectivity index (χ1n) is 6.83. The first-order valence-corrected chi connectivity index (χ1v) is 6.83. The zero-order valence-electron chi connectivity index (χ0n) is 11.9. The number of rotatable bonds is 10. The average molecular weight is 267 g/mol. The van der Waals surface area contributed by atoms with E-state index in [1.165, 1.54) is 0 Å². The Labute approximate surface area is 115 Å². The van der Waals surface area contributed by atoms with Crippen molar-refractivity contribution in [3.63, 3.8) is 0 Å². The highest BCUT2D eigenvalue weighted by atomic mass is 16.5. The zero-order valence-corrected chi connectivity index (χ0v) is 11.9. The predicted octanol–water partition coefficient (Wildman–Crippen LogP) is 2.53. The van der Waals surface area contributed by atoms with Gasteiger partial charge in [0.15, 0.2) is 0 Å². The fourth-order valence-corrected chi connectivity index (χ4v) is 1.73. The molecule has 0 saturated carbocycles. The molecular formula is C15H25NO3. The van der Waals surface area contributed by atoms with Gasteiger partial charge in [0, 0.05) is 31.7 Å². The minimum Gasteiger partial charge on any atom is -0.493 e. The van der Waals surface area contributed by atoms with Gasteiger partial charge in [-0.2, -0.15) is 0 Å². The summed E-state index contributed by atoms with van der Waals surface area (Å²) >= 11 is 0. The smallest absolute Gasteiger partial charge is 0.124 e. The van der Waals surface area contributed by atoms with Crippen LogP contribution >= 0.6 is 0 Å². The molecular weight excluding hydrogens is 242 g/mol. The number of ether oxygens (including phenoxy) is 3. The zero-order chi connectivity index (χ0) is 13.9. The van der Waals surface area contributed by atoms with Crippen molar-refractivity contribution in [2.45, 2.75) is 25.8 Å². The first-order chi connectivity index (χ1) is 9.29. The molecule has 0 radical (unpaired) electrons. The molecule has 1 rings (SSSR count). The van der Waals surface area contributed by atoms with Crippen molar-refractivity contribution >= 4 is 0 Å². The van der Waals surface area contributed by atoms with Crippen molar-refractivity contribution in [2.24, 2.45) is 5.73 Å². The van der Waals surface area contributed by atoms with Crippen LogP contribution < -0.4 is 10.5 Å². The second-order valence-corrected chi connectivity index (χ2v) is 4.36. The van der Waals surface area contributed by atoms with Crippen LogP contribution in [0.1, 0.15) is 31.4 Å². The third-order valence-electron chi connectivity index (χ3n) is 2.88. The molecule has 2 N–H and O–H groups in total. The molecule has 4 nitrogen and oxygen atoms in total. The molecule has 19 heavy (non-hydrogen) atoms. The Morgan fingerprint density at radius 3 is 2.63 bits per heavy atom. The molecule has 1 aromatic carbocycles. The van der Waals surface area contributed by atoms with E-state index < -0.39 is 0 Å². The van der Waals surface area contributed by atoms with Gasteiger partial charge in [-0.15, -0.1) is 0 Å². The van der Waals surface area contributed by atoms with E-state index in [2.05, 4.69) is 6.92 Å². The SMILES string of the molecule is CCC(N)c1ccccc1OCCCOCCOC. The summed E-state index contributed by atoms with van der Waals surface area (Å²) in [5.41, 5.74) is 7.14. The van der Waals surface area contributed by atoms with Crippen LogP contribution in [-0.2, 0) is 9.47 Å². The molecule has 4 heteroatoms. The summed E-state index contributed by atoms with van der Waals surface area (Å²) in [6.07, 6.45) is 1.76. The summed E-state index contributed by atoms with van der Waals surface area (Å²) < 4.78 is 16.1. The van der Waals surface area contributed by atoms with Crippen LogP contribution in [0.15, 0.2) is 24.3 Å². The number of para-hydroxylation sites is 1. The molecule has 1 atom stereocenters. The lowest BCUT2D eigenvalue weighted by Gasteiger charge is -2.15. The van der Waals surface area contributed by atoms with E-state index in [-0.39, 0.29) is 6.04 Å². The van der Waals surface area contributed by atoms with Crippen LogP contribution in [0.2, 0.25) is 0 Å². The number of benzene rings is 1. The van der Waals surface area contributed by atoms with Gasteiger partial charge in [0.25, 0.3) is 0 Å². The maximum Gasteiger partial charge on any atom is 0.124 e. The van der Waals surface area contributed by atoms with Gasteiger partial charge in [-0.25, -0.2) is 0 Å². The van der Waals surface area contributed by atoms with Gasteiger partial charge in [0.05, 0.1) is 19.8 Å². The highest BCUT2D eigenvalue weighted by Gasteiger charge is 2.09. The van der Waals surface area contributed by atoms with Crippen LogP contribution in [-0.4, -0.2) is 33.5 Å². The van der Waals surface area contributed by atoms with E-state index >= 15 is 0 Å². The van der Waals surface area contributed by atoms with Crippen LogP contribution in [0, 0.1) is 0 Å². The number of hydrogen-bond donors (Lipinski definition) is 1. The molecule has 0 aliphatic heterocycles. The van der Waals surface area contributed by atoms with Crippen molar-refractivity contribution in [3.8, 4) is 5.75 Å². The van der Waals surface area contributed by atoms with Gasteiger partial charge in [-0.05, 0) is 12.5 Å². The van der Waals surface area contributed by atoms with E-state index in [1.807, 2.05) is 24.3 Å². The van der Waals surface area contributed by atoms with Gasteiger partial charge in [-0.3, -0.25) is 0 Å². The van der Waals surface area contributed by atoms with Crippen LogP contribution in [0.4, 0.5) is 0 Å². The Bertz CT molecular complexity index is 344. The van der Waals surface area contributed by atoms with Gasteiger partial charge >= 0.3 is 0 Å². The Morgan fingerprint density at radius 1 is 1.11 bits per heavy atom. The van der Waals surface area contributed by atoms with Crippen LogP contribution in [0.5, 0.6) is 5.75 Å². The average Bonchev–Trinajstić information content (AvgIpc) is 2.46. The molecule has 108 valence electrons. The van der Waals surface area contributed by atoms with Crippen molar-refractivity contribution in [1.29, 1.82) is 0 Å². The lowest BCUT2D eigenvalue weighted by molar-refractivity contribution is 0.0643. The highest BCUT2D eigenvalue weighted by Crippen LogP contribution is 2.25. The largest absolute Gasteiger partial charge is 0.493 e. The van der Waals surface area contributed by atoms with Crippen molar-refractivity contribution < 1.29 is 14.2 Å². The summed E-state index contributed by atoms with van der Waals surface area (Å²) in [4.78, 5) is 0. The van der Waals surface area contributed by atoms with Gasteiger partial charge in [-0.1, -0.05) is 25.1 Å². The summed E-state index contributed by atoms with van der Waals surface area (Å²) in [5, 5.41) is 0. The normalized spacial score (nSPS) is 12.4. The van der Waals surface area contributed by atoms with E-state index in [0.29, 0.717) is 26.4 Å². The summed E-state index contributed by atoms with van der Waals surface area (Å²) in [7, 11) is 1.67. The molecule has 0 bridgehead atoms. The maximum atomic E-state index is 6.06. The van der Waals surface area contributed by atoms with Gasteiger partial charge in [0.1, 0.15) is 5.75 Å². The topological polar surface area (TPSA) is 53.7 Å². The molecule has 0 amide bonds. The molecule has 0 fully saturated rings. The molecule has 0 aromatic heterocycles. The molecule has 0 spiro atoms. The Balaban J connectivity index is 2.29. The number of methoxy groups -OCH3 is 1.